The first kappa shape index (κ1) is 8.11. The van der Waals surface area contributed by atoms with Crippen molar-refractivity contribution >= 4 is 28.2 Å². The molecule has 0 bridgehead atoms. The zero-order valence-electron chi connectivity index (χ0n) is 7.77. The lowest BCUT2D eigenvalue weighted by Gasteiger charge is -1.90. The molecule has 0 saturated heterocycles. The molecule has 0 atom stereocenters. The first-order valence-electron chi connectivity index (χ1n) is 4.58. The predicted molar refractivity (Wildman–Crippen MR) is 56.8 cm³/mol. The van der Waals surface area contributed by atoms with Crippen LogP contribution in [0.2, 0.25) is 0 Å². The van der Waals surface area contributed by atoms with Crippen LogP contribution in [0.4, 0.5) is 0 Å². The molecule has 72 valence electrons. The Kier molecular flexibility index (Phi) is 1.56. The van der Waals surface area contributed by atoms with Crippen molar-refractivity contribution in [1.82, 2.24) is 15.2 Å². The highest BCUT2D eigenvalue weighted by Crippen LogP contribution is 2.23. The van der Waals surface area contributed by atoms with Crippen molar-refractivity contribution < 1.29 is 4.79 Å². The van der Waals surface area contributed by atoms with Crippen LogP contribution in [-0.2, 0) is 0 Å². The summed E-state index contributed by atoms with van der Waals surface area (Å²) in [6, 6.07) is 9.61. The van der Waals surface area contributed by atoms with Gasteiger partial charge in [-0.05, 0) is 12.1 Å². The van der Waals surface area contributed by atoms with Crippen molar-refractivity contribution in [2.24, 2.45) is 0 Å². The van der Waals surface area contributed by atoms with E-state index >= 15 is 0 Å². The number of rotatable bonds is 1. The molecule has 0 fully saturated rings. The van der Waals surface area contributed by atoms with Crippen molar-refractivity contribution in [3.8, 4) is 0 Å². The molecule has 1 aromatic carbocycles. The molecule has 3 aromatic rings. The topological polar surface area (TPSA) is 58.6 Å². The summed E-state index contributed by atoms with van der Waals surface area (Å²) in [5.74, 6) is 0. The molecule has 3 rings (SSSR count). The minimum atomic E-state index is 0.354. The average Bonchev–Trinajstić information content (AvgIpc) is 2.66. The van der Waals surface area contributed by atoms with Gasteiger partial charge in [0.2, 0.25) is 0 Å². The van der Waals surface area contributed by atoms with Crippen molar-refractivity contribution in [1.29, 1.82) is 0 Å². The highest BCUT2D eigenvalue weighted by molar-refractivity contribution is 6.06. The van der Waals surface area contributed by atoms with Crippen molar-refractivity contribution in [3.05, 3.63) is 36.0 Å². The Morgan fingerprint density at radius 3 is 2.87 bits per heavy atom. The molecule has 0 radical (unpaired) electrons. The zero-order valence-corrected chi connectivity index (χ0v) is 7.77. The van der Waals surface area contributed by atoms with Gasteiger partial charge in [-0.25, -0.2) is 0 Å². The predicted octanol–water partition coefficient (Wildman–Crippen LogP) is 1.92. The van der Waals surface area contributed by atoms with Crippen LogP contribution >= 0.6 is 0 Å². The van der Waals surface area contributed by atoms with Gasteiger partial charge < -0.3 is 4.98 Å². The molecule has 0 unspecified atom stereocenters. The second kappa shape index (κ2) is 2.88. The Labute approximate surface area is 84.9 Å². The number of aromatic nitrogens is 3. The summed E-state index contributed by atoms with van der Waals surface area (Å²) in [7, 11) is 0. The lowest BCUT2D eigenvalue weighted by Crippen LogP contribution is -1.89. The number of nitrogens with zero attached hydrogens (tertiary/aromatic N) is 2. The van der Waals surface area contributed by atoms with E-state index in [-0.39, 0.29) is 0 Å². The number of aldehydes is 1. The minimum Gasteiger partial charge on any atom is -0.338 e. The number of hydrogen-bond acceptors (Lipinski definition) is 3. The monoisotopic (exact) mass is 197 g/mol. The summed E-state index contributed by atoms with van der Waals surface area (Å²) in [5, 5.41) is 9.72. The smallest absolute Gasteiger partial charge is 0.170 e. The highest BCUT2D eigenvalue weighted by atomic mass is 16.1. The Balaban J connectivity index is 2.51. The Bertz CT molecular complexity index is 657. The van der Waals surface area contributed by atoms with Gasteiger partial charge in [-0.2, -0.15) is 0 Å². The van der Waals surface area contributed by atoms with Gasteiger partial charge in [-0.3, -0.25) is 4.79 Å². The fourth-order valence-corrected chi connectivity index (χ4v) is 1.72. The minimum absolute atomic E-state index is 0.354. The van der Waals surface area contributed by atoms with E-state index in [1.54, 1.807) is 6.07 Å². The van der Waals surface area contributed by atoms with E-state index in [9.17, 15) is 4.79 Å². The van der Waals surface area contributed by atoms with E-state index in [0.29, 0.717) is 17.6 Å². The molecule has 1 N–H and O–H groups in total. The van der Waals surface area contributed by atoms with E-state index < -0.39 is 0 Å². The summed E-state index contributed by atoms with van der Waals surface area (Å²) in [6.45, 7) is 0. The molecule has 0 spiro atoms. The van der Waals surface area contributed by atoms with Gasteiger partial charge in [0.05, 0.1) is 0 Å². The fourth-order valence-electron chi connectivity index (χ4n) is 1.72. The number of hydrogen-bond donors (Lipinski definition) is 1. The van der Waals surface area contributed by atoms with Gasteiger partial charge in [0.1, 0.15) is 5.69 Å². The summed E-state index contributed by atoms with van der Waals surface area (Å²) < 4.78 is 0. The lowest BCUT2D eigenvalue weighted by molar-refractivity contribution is 0.111. The van der Waals surface area contributed by atoms with Crippen LogP contribution in [0.15, 0.2) is 30.3 Å². The number of H-pyrrole nitrogens is 1. The van der Waals surface area contributed by atoms with Gasteiger partial charge in [0.25, 0.3) is 0 Å². The third-order valence-corrected chi connectivity index (χ3v) is 2.40. The van der Waals surface area contributed by atoms with Gasteiger partial charge in [0.15, 0.2) is 11.9 Å². The number of carbonyl (C=O) groups is 1. The van der Waals surface area contributed by atoms with E-state index in [4.69, 9.17) is 0 Å². The third kappa shape index (κ3) is 1.11. The van der Waals surface area contributed by atoms with Crippen LogP contribution in [-0.4, -0.2) is 21.5 Å². The molecule has 0 amide bonds. The number of aromatic amines is 1. The second-order valence-corrected chi connectivity index (χ2v) is 3.32. The van der Waals surface area contributed by atoms with Crippen molar-refractivity contribution in [3.63, 3.8) is 0 Å². The number of para-hydroxylation sites is 1. The van der Waals surface area contributed by atoms with Crippen LogP contribution in [0, 0.1) is 0 Å². The van der Waals surface area contributed by atoms with Crippen LogP contribution in [0.1, 0.15) is 10.5 Å². The van der Waals surface area contributed by atoms with Crippen LogP contribution in [0.5, 0.6) is 0 Å². The van der Waals surface area contributed by atoms with Gasteiger partial charge in [-0.1, -0.05) is 18.2 Å². The van der Waals surface area contributed by atoms with Crippen molar-refractivity contribution in [2.45, 2.75) is 0 Å². The average molecular weight is 197 g/mol. The van der Waals surface area contributed by atoms with Crippen LogP contribution < -0.4 is 0 Å². The first-order valence-corrected chi connectivity index (χ1v) is 4.58. The number of benzene rings is 1. The fraction of sp³-hybridized carbons (Fsp3) is 0. The largest absolute Gasteiger partial charge is 0.338 e. The molecule has 2 aromatic heterocycles. The maximum atomic E-state index is 10.6. The number of carbonyl (C=O) groups excluding carboxylic acids is 1. The Morgan fingerprint density at radius 2 is 2.00 bits per heavy atom. The number of fused-ring (bicyclic) bond motifs is 3. The normalized spacial score (nSPS) is 10.9. The molecule has 0 aliphatic heterocycles. The molecule has 2 heterocycles. The van der Waals surface area contributed by atoms with Gasteiger partial charge in [-0.15, -0.1) is 10.2 Å². The van der Waals surface area contributed by atoms with Gasteiger partial charge in [0, 0.05) is 16.3 Å². The van der Waals surface area contributed by atoms with Crippen LogP contribution in [0.3, 0.4) is 0 Å². The summed E-state index contributed by atoms with van der Waals surface area (Å²) in [4.78, 5) is 13.7. The Morgan fingerprint density at radius 1 is 1.13 bits per heavy atom. The molecular weight excluding hydrogens is 190 g/mol. The lowest BCUT2D eigenvalue weighted by atomic mass is 10.2. The SMILES string of the molecule is O=Cc1cc2c(nn1)[nH]c1ccccc12. The van der Waals surface area contributed by atoms with Crippen LogP contribution in [0.25, 0.3) is 21.9 Å². The molecule has 0 saturated carbocycles. The summed E-state index contributed by atoms with van der Waals surface area (Å²) in [5.41, 5.74) is 2.07. The molecule has 0 aliphatic carbocycles. The van der Waals surface area contributed by atoms with E-state index in [1.807, 2.05) is 24.3 Å². The van der Waals surface area contributed by atoms with E-state index in [0.717, 1.165) is 16.3 Å². The zero-order chi connectivity index (χ0) is 10.3. The molecule has 4 nitrogen and oxygen atoms in total. The second-order valence-electron chi connectivity index (χ2n) is 3.32. The summed E-state index contributed by atoms with van der Waals surface area (Å²) in [6.07, 6.45) is 0.703. The summed E-state index contributed by atoms with van der Waals surface area (Å²) >= 11 is 0. The molecule has 15 heavy (non-hydrogen) atoms. The standard InChI is InChI=1S/C11H7N3O/c15-6-7-5-9-8-3-1-2-4-10(8)12-11(9)14-13-7/h1-6H,(H,12,14). The maximum absolute atomic E-state index is 10.6. The van der Waals surface area contributed by atoms with E-state index in [2.05, 4.69) is 15.2 Å². The van der Waals surface area contributed by atoms with E-state index in [1.165, 1.54) is 0 Å². The molecule has 4 heteroatoms. The molecule has 0 aliphatic rings. The maximum Gasteiger partial charge on any atom is 0.170 e. The first-order chi connectivity index (χ1) is 7.38. The highest BCUT2D eigenvalue weighted by Gasteiger charge is 2.05. The quantitative estimate of drug-likeness (QED) is 0.606. The molecular formula is C11H7N3O. The van der Waals surface area contributed by atoms with Gasteiger partial charge >= 0.3 is 0 Å². The third-order valence-electron chi connectivity index (χ3n) is 2.40. The number of nitrogens with one attached hydrogen (secondary N) is 1. The Hall–Kier alpha value is -2.23. The van der Waals surface area contributed by atoms with Crippen molar-refractivity contribution in [2.75, 3.05) is 0 Å².